The van der Waals surface area contributed by atoms with Gasteiger partial charge in [-0.15, -0.1) is 11.8 Å². The van der Waals surface area contributed by atoms with Gasteiger partial charge in [0.1, 0.15) is 5.03 Å². The molecule has 1 heterocycles. The molecule has 3 rings (SSSR count). The van der Waals surface area contributed by atoms with Crippen LogP contribution in [0.4, 0.5) is 0 Å². The molecule has 0 aliphatic carbocycles. The van der Waals surface area contributed by atoms with E-state index in [0.717, 1.165) is 32.1 Å². The Labute approximate surface area is 121 Å². The Morgan fingerprint density at radius 1 is 1.00 bits per heavy atom. The van der Waals surface area contributed by atoms with Crippen LogP contribution in [0, 0.1) is 0 Å². The number of rotatable bonds is 2. The Morgan fingerprint density at radius 2 is 1.84 bits per heavy atom. The second kappa shape index (κ2) is 5.24. The maximum absolute atomic E-state index is 6.08. The third kappa shape index (κ3) is 2.46. The molecule has 0 radical (unpaired) electrons. The Hall–Kier alpha value is -1.51. The molecule has 19 heavy (non-hydrogen) atoms. The van der Waals surface area contributed by atoms with Crippen molar-refractivity contribution in [3.63, 3.8) is 0 Å². The lowest BCUT2D eigenvalue weighted by atomic mass is 10.1. The Balaban J connectivity index is 2.27. The zero-order chi connectivity index (χ0) is 13.2. The van der Waals surface area contributed by atoms with Gasteiger partial charge in [0.2, 0.25) is 0 Å². The van der Waals surface area contributed by atoms with E-state index in [0.29, 0.717) is 0 Å². The van der Waals surface area contributed by atoms with E-state index >= 15 is 0 Å². The van der Waals surface area contributed by atoms with Gasteiger partial charge < -0.3 is 0 Å². The number of thioether (sulfide) groups is 1. The molecule has 0 N–H and O–H groups in total. The molecular formula is C16H12ClNS. The highest BCUT2D eigenvalue weighted by Crippen LogP contribution is 2.32. The number of pyridine rings is 1. The number of benzene rings is 2. The first-order chi connectivity index (χ1) is 9.28. The van der Waals surface area contributed by atoms with Crippen LogP contribution in [0.5, 0.6) is 0 Å². The van der Waals surface area contributed by atoms with E-state index in [2.05, 4.69) is 18.2 Å². The van der Waals surface area contributed by atoms with Crippen molar-refractivity contribution in [3.05, 3.63) is 59.6 Å². The second-order valence-electron chi connectivity index (χ2n) is 4.25. The maximum Gasteiger partial charge on any atom is 0.104 e. The highest BCUT2D eigenvalue weighted by Gasteiger charge is 2.08. The van der Waals surface area contributed by atoms with Crippen molar-refractivity contribution < 1.29 is 0 Å². The van der Waals surface area contributed by atoms with Gasteiger partial charge in [-0.05, 0) is 36.1 Å². The fourth-order valence-electron chi connectivity index (χ4n) is 2.12. The summed E-state index contributed by atoms with van der Waals surface area (Å²) in [5.41, 5.74) is 3.27. The van der Waals surface area contributed by atoms with Gasteiger partial charge in [-0.2, -0.15) is 0 Å². The lowest BCUT2D eigenvalue weighted by molar-refractivity contribution is 1.20. The smallest absolute Gasteiger partial charge is 0.104 e. The van der Waals surface area contributed by atoms with Crippen LogP contribution in [0.15, 0.2) is 59.6 Å². The van der Waals surface area contributed by atoms with Gasteiger partial charge >= 0.3 is 0 Å². The van der Waals surface area contributed by atoms with Gasteiger partial charge in [-0.3, -0.25) is 0 Å². The minimum absolute atomic E-state index is 0.748. The molecule has 1 aromatic heterocycles. The molecule has 3 aromatic rings. The number of nitrogens with zero attached hydrogens (tertiary/aromatic N) is 1. The summed E-state index contributed by atoms with van der Waals surface area (Å²) < 4.78 is 0. The van der Waals surface area contributed by atoms with Crippen LogP contribution in [-0.2, 0) is 0 Å². The Kier molecular flexibility index (Phi) is 3.45. The maximum atomic E-state index is 6.08. The first-order valence-corrected chi connectivity index (χ1v) is 7.58. The minimum atomic E-state index is 0.748. The summed E-state index contributed by atoms with van der Waals surface area (Å²) in [6, 6.07) is 18.2. The SMILES string of the molecule is CSc1nc2ccccc2cc1-c1cccc(Cl)c1. The van der Waals surface area contributed by atoms with Crippen LogP contribution in [-0.4, -0.2) is 11.2 Å². The monoisotopic (exact) mass is 285 g/mol. The molecule has 0 fully saturated rings. The predicted octanol–water partition coefficient (Wildman–Crippen LogP) is 5.28. The molecule has 0 aliphatic rings. The van der Waals surface area contributed by atoms with E-state index in [-0.39, 0.29) is 0 Å². The van der Waals surface area contributed by atoms with Crippen LogP contribution in [0.1, 0.15) is 0 Å². The van der Waals surface area contributed by atoms with Crippen molar-refractivity contribution in [2.45, 2.75) is 5.03 Å². The summed E-state index contributed by atoms with van der Waals surface area (Å²) in [5, 5.41) is 2.92. The van der Waals surface area contributed by atoms with Crippen molar-refractivity contribution in [1.29, 1.82) is 0 Å². The van der Waals surface area contributed by atoms with Crippen molar-refractivity contribution >= 4 is 34.3 Å². The Morgan fingerprint density at radius 3 is 2.63 bits per heavy atom. The summed E-state index contributed by atoms with van der Waals surface area (Å²) in [6.07, 6.45) is 2.05. The van der Waals surface area contributed by atoms with Crippen LogP contribution in [0.25, 0.3) is 22.0 Å². The fourth-order valence-corrected chi connectivity index (χ4v) is 2.89. The quantitative estimate of drug-likeness (QED) is 0.594. The summed E-state index contributed by atoms with van der Waals surface area (Å²) >= 11 is 7.74. The number of hydrogen-bond donors (Lipinski definition) is 0. The van der Waals surface area contributed by atoms with Gasteiger partial charge in [0.05, 0.1) is 5.52 Å². The highest BCUT2D eigenvalue weighted by atomic mass is 35.5. The molecule has 3 heteroatoms. The van der Waals surface area contributed by atoms with E-state index in [9.17, 15) is 0 Å². The molecular weight excluding hydrogens is 274 g/mol. The number of halogens is 1. The summed E-state index contributed by atoms with van der Waals surface area (Å²) in [4.78, 5) is 4.72. The number of hydrogen-bond acceptors (Lipinski definition) is 2. The lowest BCUT2D eigenvalue weighted by Crippen LogP contribution is -1.88. The van der Waals surface area contributed by atoms with Crippen molar-refractivity contribution in [1.82, 2.24) is 4.98 Å². The number of aromatic nitrogens is 1. The molecule has 0 bridgehead atoms. The minimum Gasteiger partial charge on any atom is -0.241 e. The van der Waals surface area contributed by atoms with Gasteiger partial charge in [0.15, 0.2) is 0 Å². The zero-order valence-electron chi connectivity index (χ0n) is 10.4. The van der Waals surface area contributed by atoms with E-state index in [4.69, 9.17) is 16.6 Å². The van der Waals surface area contributed by atoms with Gasteiger partial charge in [0.25, 0.3) is 0 Å². The summed E-state index contributed by atoms with van der Waals surface area (Å²) in [5.74, 6) is 0. The first kappa shape index (κ1) is 12.5. The molecule has 0 saturated carbocycles. The molecule has 2 aromatic carbocycles. The normalized spacial score (nSPS) is 10.8. The van der Waals surface area contributed by atoms with Crippen molar-refractivity contribution in [2.24, 2.45) is 0 Å². The molecule has 0 spiro atoms. The largest absolute Gasteiger partial charge is 0.241 e. The van der Waals surface area contributed by atoms with E-state index in [1.54, 1.807) is 11.8 Å². The number of fused-ring (bicyclic) bond motifs is 1. The summed E-state index contributed by atoms with van der Waals surface area (Å²) in [6.45, 7) is 0. The van der Waals surface area contributed by atoms with Crippen LogP contribution in [0.2, 0.25) is 5.02 Å². The van der Waals surface area contributed by atoms with Crippen molar-refractivity contribution in [2.75, 3.05) is 6.26 Å². The average molecular weight is 286 g/mol. The van der Waals surface area contributed by atoms with Crippen molar-refractivity contribution in [3.8, 4) is 11.1 Å². The van der Waals surface area contributed by atoms with Crippen LogP contribution in [0.3, 0.4) is 0 Å². The Bertz CT molecular complexity index is 740. The van der Waals surface area contributed by atoms with Gasteiger partial charge in [-0.25, -0.2) is 4.98 Å². The topological polar surface area (TPSA) is 12.9 Å². The standard InChI is InChI=1S/C16H12ClNS/c1-19-16-14(11-6-4-7-13(17)9-11)10-12-5-2-3-8-15(12)18-16/h2-10H,1H3. The van der Waals surface area contributed by atoms with Gasteiger partial charge in [0, 0.05) is 16.0 Å². The molecule has 0 aliphatic heterocycles. The second-order valence-corrected chi connectivity index (χ2v) is 5.48. The summed E-state index contributed by atoms with van der Waals surface area (Å²) in [7, 11) is 0. The van der Waals surface area contributed by atoms with Gasteiger partial charge in [-0.1, -0.05) is 41.9 Å². The lowest BCUT2D eigenvalue weighted by Gasteiger charge is -2.09. The zero-order valence-corrected chi connectivity index (χ0v) is 12.0. The molecule has 0 unspecified atom stereocenters. The van der Waals surface area contributed by atoms with Crippen LogP contribution < -0.4 is 0 Å². The molecule has 0 amide bonds. The first-order valence-electron chi connectivity index (χ1n) is 5.97. The molecule has 0 saturated heterocycles. The molecule has 94 valence electrons. The highest BCUT2D eigenvalue weighted by molar-refractivity contribution is 7.98. The van der Waals surface area contributed by atoms with E-state index in [1.165, 1.54) is 0 Å². The average Bonchev–Trinajstić information content (AvgIpc) is 2.46. The van der Waals surface area contributed by atoms with E-state index < -0.39 is 0 Å². The predicted molar refractivity (Wildman–Crippen MR) is 84.0 cm³/mol. The molecule has 1 nitrogen and oxygen atoms in total. The number of para-hydroxylation sites is 1. The molecule has 0 atom stereocenters. The van der Waals surface area contributed by atoms with Crippen LogP contribution >= 0.6 is 23.4 Å². The third-order valence-electron chi connectivity index (χ3n) is 3.02. The van der Waals surface area contributed by atoms with E-state index in [1.807, 2.05) is 42.7 Å². The third-order valence-corrected chi connectivity index (χ3v) is 3.95. The fraction of sp³-hybridized carbons (Fsp3) is 0.0625.